The van der Waals surface area contributed by atoms with Crippen LogP contribution in [0.3, 0.4) is 0 Å². The average molecular weight is 590 g/mol. The molecule has 11 heteroatoms. The van der Waals surface area contributed by atoms with E-state index in [2.05, 4.69) is 51.2 Å². The highest BCUT2D eigenvalue weighted by Crippen LogP contribution is 2.46. The molecule has 0 spiro atoms. The number of aromatic nitrogens is 4. The predicted octanol–water partition coefficient (Wildman–Crippen LogP) is 5.64. The number of morpholine rings is 1. The van der Waals surface area contributed by atoms with E-state index in [1.54, 1.807) is 0 Å². The third-order valence-corrected chi connectivity index (χ3v) is 10.4. The minimum atomic E-state index is -0.770. The Morgan fingerprint density at radius 3 is 2.56 bits per heavy atom. The highest BCUT2D eigenvalue weighted by Gasteiger charge is 2.47. The summed E-state index contributed by atoms with van der Waals surface area (Å²) >= 11 is 12.7. The molecule has 39 heavy (non-hydrogen) atoms. The summed E-state index contributed by atoms with van der Waals surface area (Å²) in [5.41, 5.74) is 1.86. The number of likely N-dealkylation sites (N-methyl/N-ethyl adjacent to an activating group) is 1. The van der Waals surface area contributed by atoms with E-state index in [9.17, 15) is 4.79 Å². The first-order valence-electron chi connectivity index (χ1n) is 13.3. The van der Waals surface area contributed by atoms with Gasteiger partial charge in [0.25, 0.3) is 5.91 Å². The van der Waals surface area contributed by atoms with Gasteiger partial charge in [-0.15, -0.1) is 20.9 Å². The Kier molecular flexibility index (Phi) is 9.03. The van der Waals surface area contributed by atoms with Crippen molar-refractivity contribution in [3.05, 3.63) is 75.5 Å². The van der Waals surface area contributed by atoms with Crippen molar-refractivity contribution in [2.24, 2.45) is 0 Å². The van der Waals surface area contributed by atoms with Gasteiger partial charge in [-0.3, -0.25) is 9.10 Å². The fourth-order valence-electron chi connectivity index (χ4n) is 5.41. The maximum atomic E-state index is 14.4. The van der Waals surface area contributed by atoms with E-state index in [4.69, 9.17) is 27.9 Å². The summed E-state index contributed by atoms with van der Waals surface area (Å²) < 4.78 is 9.06. The third-order valence-electron chi connectivity index (χ3n) is 7.37. The molecular weight excluding hydrogens is 555 g/mol. The Bertz CT molecular complexity index is 1300. The van der Waals surface area contributed by atoms with Crippen LogP contribution in [0.2, 0.25) is 10.0 Å². The molecule has 1 amide bonds. The molecule has 1 saturated heterocycles. The first-order valence-corrected chi connectivity index (χ1v) is 15.4. The van der Waals surface area contributed by atoms with Crippen molar-refractivity contribution in [2.75, 3.05) is 13.6 Å². The van der Waals surface area contributed by atoms with E-state index < -0.39 is 12.2 Å². The van der Waals surface area contributed by atoms with Gasteiger partial charge in [0.15, 0.2) is 5.82 Å². The van der Waals surface area contributed by atoms with Crippen molar-refractivity contribution in [1.82, 2.24) is 29.8 Å². The number of nitrogens with zero attached hydrogens (tertiary/aromatic N) is 5. The van der Waals surface area contributed by atoms with Gasteiger partial charge in [-0.25, -0.2) is 0 Å². The molecule has 2 aliphatic rings. The van der Waals surface area contributed by atoms with Gasteiger partial charge in [-0.1, -0.05) is 59.6 Å². The number of carbonyl (C=O) groups is 1. The summed E-state index contributed by atoms with van der Waals surface area (Å²) in [5, 5.41) is 18.6. The molecule has 2 aromatic carbocycles. The fraction of sp³-hybridized carbons (Fsp3) is 0.464. The second-order valence-corrected chi connectivity index (χ2v) is 13.4. The van der Waals surface area contributed by atoms with Crippen molar-refractivity contribution in [2.45, 2.75) is 69.1 Å². The molecule has 1 saturated carbocycles. The highest BCUT2D eigenvalue weighted by molar-refractivity contribution is 8.13. The third kappa shape index (κ3) is 6.38. The SMILES string of the molecule is C/C=S(\C1CC1)N(C)C[C@H](CC)N1C(=O)[C@H](Cc2nn[nH]n2)O[C@H](c2cccc(Cl)c2)[C@H]1c1ccc(Cl)cc1. The number of halogens is 2. The molecule has 1 aliphatic heterocycles. The van der Waals surface area contributed by atoms with Crippen molar-refractivity contribution >= 4 is 45.1 Å². The number of hydrogen-bond acceptors (Lipinski definition) is 6. The lowest BCUT2D eigenvalue weighted by atomic mass is 9.89. The number of rotatable bonds is 10. The van der Waals surface area contributed by atoms with E-state index in [1.165, 1.54) is 12.8 Å². The normalized spacial score (nSPS) is 23.4. The number of nitrogens with one attached hydrogen (secondary N) is 1. The predicted molar refractivity (Wildman–Crippen MR) is 157 cm³/mol. The monoisotopic (exact) mass is 588 g/mol. The Hall–Kier alpha value is -2.30. The molecule has 1 N–H and O–H groups in total. The maximum Gasteiger partial charge on any atom is 0.253 e. The van der Waals surface area contributed by atoms with Gasteiger partial charge >= 0.3 is 0 Å². The zero-order chi connectivity index (χ0) is 27.5. The van der Waals surface area contributed by atoms with Crippen LogP contribution in [0.1, 0.15) is 62.2 Å². The van der Waals surface area contributed by atoms with E-state index in [-0.39, 0.29) is 35.1 Å². The molecule has 1 unspecified atom stereocenters. The van der Waals surface area contributed by atoms with Gasteiger partial charge in [0.05, 0.1) is 6.04 Å². The number of carbonyl (C=O) groups excluding carboxylic acids is 1. The van der Waals surface area contributed by atoms with Gasteiger partial charge < -0.3 is 9.64 Å². The van der Waals surface area contributed by atoms with Gasteiger partial charge in [0.2, 0.25) is 0 Å². The molecule has 8 nitrogen and oxygen atoms in total. The lowest BCUT2D eigenvalue weighted by Gasteiger charge is -2.48. The number of tetrazole rings is 1. The molecule has 1 aromatic heterocycles. The average Bonchev–Trinajstić information content (AvgIpc) is 3.63. The quantitative estimate of drug-likeness (QED) is 0.308. The molecule has 0 radical (unpaired) electrons. The smallest absolute Gasteiger partial charge is 0.253 e. The number of hydrogen-bond donors (Lipinski definition) is 1. The number of H-pyrrole nitrogens is 1. The Labute approximate surface area is 242 Å². The second-order valence-electron chi connectivity index (χ2n) is 10.0. The fourth-order valence-corrected chi connectivity index (χ4v) is 7.95. The second kappa shape index (κ2) is 12.5. The van der Waals surface area contributed by atoms with Gasteiger partial charge in [0.1, 0.15) is 12.2 Å². The summed E-state index contributed by atoms with van der Waals surface area (Å²) in [4.78, 5) is 16.4. The molecular formula is C28H34Cl2N6O2S. The zero-order valence-corrected chi connectivity index (χ0v) is 24.7. The van der Waals surface area contributed by atoms with Gasteiger partial charge in [-0.2, -0.15) is 5.21 Å². The van der Waals surface area contributed by atoms with Crippen LogP contribution in [0.15, 0.2) is 48.5 Å². The first kappa shape index (κ1) is 28.2. The summed E-state index contributed by atoms with van der Waals surface area (Å²) in [7, 11) is 2.25. The molecule has 0 bridgehead atoms. The summed E-state index contributed by atoms with van der Waals surface area (Å²) in [6.45, 7) is 5.05. The molecule has 5 rings (SSSR count). The molecule has 208 valence electrons. The Morgan fingerprint density at radius 1 is 1.18 bits per heavy atom. The number of aromatic amines is 1. The summed E-state index contributed by atoms with van der Waals surface area (Å²) in [5.74, 6) is 0.356. The standard InChI is InChI=1S/C28H34Cl2N6O2S/c1-4-22(17-35(3)39(5-2)23-13-14-23)36-26(18-9-11-20(29)12-10-18)27(19-7-6-8-21(30)15-19)38-24(28(36)37)16-25-31-33-34-32-25/h5-12,15,22-24,26-27H,4,13-14,16-17H2,1-3H3,(H,31,32,33,34)/t22-,24-,26+,27+,39?/m0/s1. The van der Waals surface area contributed by atoms with Crippen LogP contribution >= 0.6 is 33.9 Å². The molecule has 2 fully saturated rings. The molecule has 2 heterocycles. The Balaban J connectivity index is 1.58. The lowest BCUT2D eigenvalue weighted by Crippen LogP contribution is -2.57. The summed E-state index contributed by atoms with van der Waals surface area (Å²) in [6, 6.07) is 15.0. The van der Waals surface area contributed by atoms with Crippen LogP contribution < -0.4 is 0 Å². The van der Waals surface area contributed by atoms with Crippen LogP contribution in [-0.4, -0.2) is 72.1 Å². The van der Waals surface area contributed by atoms with E-state index in [0.717, 1.165) is 29.3 Å². The lowest BCUT2D eigenvalue weighted by molar-refractivity contribution is -0.179. The molecule has 1 aliphatic carbocycles. The van der Waals surface area contributed by atoms with Crippen LogP contribution in [0.4, 0.5) is 0 Å². The zero-order valence-electron chi connectivity index (χ0n) is 22.3. The Morgan fingerprint density at radius 2 is 1.95 bits per heavy atom. The first-order chi connectivity index (χ1) is 18.9. The van der Waals surface area contributed by atoms with Gasteiger partial charge in [0, 0.05) is 34.3 Å². The topological polar surface area (TPSA) is 87.2 Å². The maximum absolute atomic E-state index is 14.4. The van der Waals surface area contributed by atoms with E-state index >= 15 is 0 Å². The van der Waals surface area contributed by atoms with Crippen molar-refractivity contribution in [3.8, 4) is 0 Å². The summed E-state index contributed by atoms with van der Waals surface area (Å²) in [6.07, 6.45) is 2.32. The van der Waals surface area contributed by atoms with Gasteiger partial charge in [-0.05, 0) is 74.0 Å². The number of benzene rings is 2. The van der Waals surface area contributed by atoms with Crippen molar-refractivity contribution in [1.29, 1.82) is 0 Å². The van der Waals surface area contributed by atoms with E-state index in [0.29, 0.717) is 15.9 Å². The van der Waals surface area contributed by atoms with Crippen molar-refractivity contribution < 1.29 is 9.53 Å². The number of ether oxygens (including phenoxy) is 1. The van der Waals surface area contributed by atoms with Crippen LogP contribution in [-0.2, 0) is 16.0 Å². The van der Waals surface area contributed by atoms with Crippen LogP contribution in [0, 0.1) is 0 Å². The van der Waals surface area contributed by atoms with Crippen LogP contribution in [0.5, 0.6) is 0 Å². The number of amides is 1. The minimum Gasteiger partial charge on any atom is -0.357 e. The van der Waals surface area contributed by atoms with Crippen molar-refractivity contribution in [3.63, 3.8) is 0 Å². The highest BCUT2D eigenvalue weighted by atomic mass is 35.5. The van der Waals surface area contributed by atoms with E-state index in [1.807, 2.05) is 53.4 Å². The molecule has 5 atom stereocenters. The van der Waals surface area contributed by atoms with Crippen LogP contribution in [0.25, 0.3) is 0 Å². The largest absolute Gasteiger partial charge is 0.357 e. The molecule has 3 aromatic rings. The minimum absolute atomic E-state index is 0.0461.